The van der Waals surface area contributed by atoms with Crippen LogP contribution in [0.25, 0.3) is 0 Å². The molecule has 5 aliphatic heterocycles. The fourth-order valence-corrected chi connectivity index (χ4v) is 14.9. The lowest BCUT2D eigenvalue weighted by molar-refractivity contribution is -0.355. The second kappa shape index (κ2) is 18.5. The monoisotopic (exact) mass is 928 g/mol. The predicted molar refractivity (Wildman–Crippen MR) is 226 cm³/mol. The van der Waals surface area contributed by atoms with E-state index in [2.05, 4.69) is 33.0 Å². The third-order valence-corrected chi connectivity index (χ3v) is 18.6. The molecule has 0 aromatic heterocycles. The van der Waals surface area contributed by atoms with Gasteiger partial charge in [0.05, 0.1) is 38.1 Å². The lowest BCUT2D eigenvalue weighted by Gasteiger charge is -2.61. The predicted octanol–water partition coefficient (Wildman–Crippen LogP) is 0.438. The van der Waals surface area contributed by atoms with Gasteiger partial charge in [-0.2, -0.15) is 0 Å². The van der Waals surface area contributed by atoms with E-state index in [4.69, 9.17) is 37.9 Å². The fourth-order valence-electron chi connectivity index (χ4n) is 14.9. The van der Waals surface area contributed by atoms with Gasteiger partial charge in [-0.3, -0.25) is 4.79 Å². The normalized spacial score (nSPS) is 56.6. The van der Waals surface area contributed by atoms with Crippen LogP contribution in [0.5, 0.6) is 0 Å². The first-order chi connectivity index (χ1) is 30.8. The number of rotatable bonds is 9. The van der Waals surface area contributed by atoms with Crippen molar-refractivity contribution in [3.63, 3.8) is 0 Å². The van der Waals surface area contributed by atoms with Gasteiger partial charge in [0.15, 0.2) is 24.7 Å². The maximum Gasteiger partial charge on any atom is 0.217 e. The average Bonchev–Trinajstić information content (AvgIpc) is 3.72. The van der Waals surface area contributed by atoms with Crippen LogP contribution in [0.15, 0.2) is 0 Å². The SMILES string of the molecule is CC(=O)N[C@H]1[C@H](O[C@H]2CC[C@@]3(C)[C@@H](CC[C@@H]4[C@@H]3CC[C@]3(C)[C@@H]5[C@H](C[C@@H]43)O[C@]3(CC[C@@H](C)CO3)[C@H]5C)C2)O[C@H](CO[C@@H]2O[C@@H](C)[C@H](O)[C@@H](O)[C@H]2O)[C@@H](O)[C@@H]1O[C@@H]1O[C@H](CO)[C@H](O)[C@H](O)[C@H]1O. The Balaban J connectivity index is 0.912. The van der Waals surface area contributed by atoms with Crippen LogP contribution in [0.1, 0.15) is 106 Å². The third-order valence-electron chi connectivity index (χ3n) is 18.6. The van der Waals surface area contributed by atoms with Crippen molar-refractivity contribution in [3.05, 3.63) is 0 Å². The minimum atomic E-state index is -1.81. The second-order valence-corrected chi connectivity index (χ2v) is 22.3. The summed E-state index contributed by atoms with van der Waals surface area (Å²) >= 11 is 0. The lowest BCUT2D eigenvalue weighted by Crippen LogP contribution is -2.68. The molecule has 372 valence electrons. The summed E-state index contributed by atoms with van der Waals surface area (Å²) in [5.41, 5.74) is 0.307. The van der Waals surface area contributed by atoms with Crippen LogP contribution in [0.3, 0.4) is 0 Å². The van der Waals surface area contributed by atoms with Crippen molar-refractivity contribution in [2.24, 2.45) is 52.3 Å². The minimum absolute atomic E-state index is 0.0972. The summed E-state index contributed by atoms with van der Waals surface area (Å²) in [6, 6.07) is -1.19. The second-order valence-electron chi connectivity index (χ2n) is 22.3. The van der Waals surface area contributed by atoms with Crippen molar-refractivity contribution in [2.45, 2.75) is 216 Å². The van der Waals surface area contributed by atoms with Crippen molar-refractivity contribution < 1.29 is 83.5 Å². The number of hydrogen-bond donors (Lipinski definition) is 9. The molecule has 5 saturated heterocycles. The summed E-state index contributed by atoms with van der Waals surface area (Å²) in [5.74, 6) is 2.64. The zero-order valence-electron chi connectivity index (χ0n) is 38.8. The molecule has 4 saturated carbocycles. The van der Waals surface area contributed by atoms with Gasteiger partial charge in [0, 0.05) is 19.3 Å². The Morgan fingerprint density at radius 3 is 2.12 bits per heavy atom. The van der Waals surface area contributed by atoms with Crippen LogP contribution in [0.4, 0.5) is 0 Å². The minimum Gasteiger partial charge on any atom is -0.394 e. The van der Waals surface area contributed by atoms with Crippen LogP contribution in [0.2, 0.25) is 0 Å². The number of fused-ring (bicyclic) bond motifs is 7. The highest BCUT2D eigenvalue weighted by atomic mass is 16.7. The molecule has 9 aliphatic rings. The number of carbonyl (C=O) groups excluding carboxylic acids is 1. The first-order valence-corrected chi connectivity index (χ1v) is 24.6. The van der Waals surface area contributed by atoms with Gasteiger partial charge in [-0.15, -0.1) is 0 Å². The molecular weight excluding hydrogens is 851 g/mol. The van der Waals surface area contributed by atoms with E-state index in [1.54, 1.807) is 0 Å². The molecule has 0 aromatic rings. The van der Waals surface area contributed by atoms with Crippen LogP contribution in [-0.4, -0.2) is 177 Å². The number of amides is 1. The molecule has 65 heavy (non-hydrogen) atoms. The Labute approximate surface area is 381 Å². The van der Waals surface area contributed by atoms with Crippen molar-refractivity contribution in [1.82, 2.24) is 5.32 Å². The highest BCUT2D eigenvalue weighted by Crippen LogP contribution is 2.71. The molecule has 4 aliphatic carbocycles. The number of aliphatic hydroxyl groups is 8. The maximum absolute atomic E-state index is 12.9. The van der Waals surface area contributed by atoms with Gasteiger partial charge in [-0.05, 0) is 111 Å². The van der Waals surface area contributed by atoms with Crippen molar-refractivity contribution >= 4 is 5.91 Å². The summed E-state index contributed by atoms with van der Waals surface area (Å²) in [4.78, 5) is 12.9. The highest BCUT2D eigenvalue weighted by Gasteiger charge is 2.69. The first kappa shape index (κ1) is 48.8. The van der Waals surface area contributed by atoms with Crippen LogP contribution >= 0.6 is 0 Å². The van der Waals surface area contributed by atoms with E-state index in [0.717, 1.165) is 58.0 Å². The molecule has 0 unspecified atom stereocenters. The molecule has 1 amide bonds. The average molecular weight is 928 g/mol. The molecule has 0 radical (unpaired) electrons. The molecule has 27 atom stereocenters. The number of ether oxygens (including phenoxy) is 8. The number of carbonyl (C=O) groups is 1. The van der Waals surface area contributed by atoms with Gasteiger partial charge in [0.25, 0.3) is 0 Å². The number of hydrogen-bond acceptors (Lipinski definition) is 17. The van der Waals surface area contributed by atoms with E-state index in [0.29, 0.717) is 41.4 Å². The van der Waals surface area contributed by atoms with Gasteiger partial charge in [-0.1, -0.05) is 27.7 Å². The summed E-state index contributed by atoms with van der Waals surface area (Å²) in [7, 11) is 0. The van der Waals surface area contributed by atoms with Crippen LogP contribution in [-0.2, 0) is 42.7 Å². The van der Waals surface area contributed by atoms with Gasteiger partial charge in [0.1, 0.15) is 67.1 Å². The Morgan fingerprint density at radius 2 is 1.42 bits per heavy atom. The molecule has 0 bridgehead atoms. The van der Waals surface area contributed by atoms with Gasteiger partial charge < -0.3 is 84.1 Å². The molecule has 9 rings (SSSR count). The summed E-state index contributed by atoms with van der Waals surface area (Å²) in [5, 5.41) is 88.0. The van der Waals surface area contributed by atoms with Crippen molar-refractivity contribution in [3.8, 4) is 0 Å². The van der Waals surface area contributed by atoms with E-state index in [1.165, 1.54) is 26.7 Å². The van der Waals surface area contributed by atoms with E-state index < -0.39 is 117 Å². The topological polar surface area (TPSA) is 265 Å². The quantitative estimate of drug-likeness (QED) is 0.142. The van der Waals surface area contributed by atoms with Crippen LogP contribution < -0.4 is 5.32 Å². The third kappa shape index (κ3) is 8.45. The molecule has 0 aromatic carbocycles. The van der Waals surface area contributed by atoms with Crippen molar-refractivity contribution in [2.75, 3.05) is 19.8 Å². The molecular formula is C47H77NO17. The van der Waals surface area contributed by atoms with Crippen LogP contribution in [0, 0.1) is 52.3 Å². The first-order valence-electron chi connectivity index (χ1n) is 24.6. The summed E-state index contributed by atoms with van der Waals surface area (Å²) in [6.45, 7) is 12.1. The zero-order chi connectivity index (χ0) is 46.5. The Morgan fingerprint density at radius 1 is 0.708 bits per heavy atom. The molecule has 18 heteroatoms. The van der Waals surface area contributed by atoms with E-state index in [1.807, 2.05) is 0 Å². The largest absolute Gasteiger partial charge is 0.394 e. The summed E-state index contributed by atoms with van der Waals surface area (Å²) in [6.07, 6.45) is -10.6. The Kier molecular flexibility index (Phi) is 13.9. The van der Waals surface area contributed by atoms with E-state index in [-0.39, 0.29) is 23.0 Å². The zero-order valence-corrected chi connectivity index (χ0v) is 38.8. The molecule has 18 nitrogen and oxygen atoms in total. The lowest BCUT2D eigenvalue weighted by atomic mass is 9.44. The Hall–Kier alpha value is -1.17. The highest BCUT2D eigenvalue weighted by molar-refractivity contribution is 5.73. The smallest absolute Gasteiger partial charge is 0.217 e. The van der Waals surface area contributed by atoms with Crippen molar-refractivity contribution in [1.29, 1.82) is 0 Å². The standard InChI is InChI=1S/C47H77NO17/c1-20-9-14-47(59-18-20)21(2)32-29(65-47)16-28-26-8-7-24-15-25(10-12-45(24,5)27(26)11-13-46(28,32)6)61-42-33(48-23(4)50)41(64-44-40(57)38(55)35(52)30(17-49)62-44)36(53)31(63-42)19-58-43-39(56)37(54)34(51)22(3)60-43/h20-22,24-44,49,51-57H,7-19H2,1-6H3,(H,48,50)/t20-,21+,22+,24+,25+,26-,27+,28+,29+,30-,31-,32+,33-,34+,35+,36-,37-,38+,39-,40-,41-,42-,43-,44+,45+,46+,47-/m1/s1. The van der Waals surface area contributed by atoms with Gasteiger partial charge in [0.2, 0.25) is 5.91 Å². The molecule has 5 heterocycles. The molecule has 9 N–H and O–H groups in total. The summed E-state index contributed by atoms with van der Waals surface area (Å²) < 4.78 is 50.3. The fraction of sp³-hybridized carbons (Fsp3) is 0.979. The molecule has 1 spiro atoms. The van der Waals surface area contributed by atoms with Gasteiger partial charge in [-0.25, -0.2) is 0 Å². The van der Waals surface area contributed by atoms with Gasteiger partial charge >= 0.3 is 0 Å². The number of aliphatic hydroxyl groups excluding tert-OH is 8. The maximum atomic E-state index is 12.9. The Bertz CT molecular complexity index is 1670. The van der Waals surface area contributed by atoms with E-state index >= 15 is 0 Å². The van der Waals surface area contributed by atoms with E-state index in [9.17, 15) is 45.6 Å². The molecule has 9 fully saturated rings. The number of nitrogens with one attached hydrogen (secondary N) is 1.